The van der Waals surface area contributed by atoms with Crippen LogP contribution in [0, 0.1) is 0 Å². The van der Waals surface area contributed by atoms with Gasteiger partial charge in [0.25, 0.3) is 0 Å². The quantitative estimate of drug-likeness (QED) is 0.125. The van der Waals surface area contributed by atoms with Crippen molar-refractivity contribution in [2.75, 3.05) is 24.5 Å². The summed E-state index contributed by atoms with van der Waals surface area (Å²) in [5.74, 6) is 0. The molecule has 7 aliphatic rings. The van der Waals surface area contributed by atoms with Crippen LogP contribution in [0.2, 0.25) is 0 Å². The SMILES string of the molecule is CC(C)(C)N1c2cccc[c]2[Ge]([c]2ccccc2)([c]2ccccc2)[c]2ccccc21.CC(C)(C)N1c2ccccc2C2(c3ccccc3Sc3ccccc32)c2ccccc21.CC(C)(C)N1c2ccccc2P(=O)(c2ccccc2)c2ccccc21.CC(C)(C)N1c2ccccc2[Si](c2ccccc2)(c2ccccc2)c2ccccc21.CC(C)(C)N1c2ccccc2[Si]2(c3ccccc3-c3ccccc32)c2ccccc21. The second kappa shape index (κ2) is 37.7. The minimum absolute atomic E-state index is 0.0140. The fourth-order valence-electron chi connectivity index (χ4n) is 25.3. The van der Waals surface area contributed by atoms with Crippen molar-refractivity contribution in [2.24, 2.45) is 0 Å². The van der Waals surface area contributed by atoms with E-state index in [0.717, 1.165) is 27.3 Å². The third kappa shape index (κ3) is 15.6. The van der Waals surface area contributed by atoms with Gasteiger partial charge in [0.1, 0.15) is 0 Å². The molecule has 19 aromatic rings. The zero-order chi connectivity index (χ0) is 101. The van der Waals surface area contributed by atoms with Crippen LogP contribution in [0.3, 0.4) is 0 Å². The average molecular weight is 2030 g/mol. The van der Waals surface area contributed by atoms with E-state index in [1.807, 2.05) is 78.5 Å². The number of fused-ring (bicyclic) bond motifs is 23. The number of hydrogen-bond acceptors (Lipinski definition) is 7. The van der Waals surface area contributed by atoms with Gasteiger partial charge in [0.15, 0.2) is 23.3 Å². The summed E-state index contributed by atoms with van der Waals surface area (Å²) in [6.45, 7) is 34.3. The fraction of sp³-hybridized carbons (Fsp3) is 0.156. The van der Waals surface area contributed by atoms with Crippen molar-refractivity contribution in [2.45, 2.75) is 147 Å². The Bertz CT molecular complexity index is 7410. The van der Waals surface area contributed by atoms with Crippen LogP contribution in [0.15, 0.2) is 501 Å². The molecule has 146 heavy (non-hydrogen) atoms. The first-order valence-electron chi connectivity index (χ1n) is 51.5. The molecule has 19 aromatic carbocycles. The molecule has 0 radical (unpaired) electrons. The van der Waals surface area contributed by atoms with Gasteiger partial charge in [0, 0.05) is 82.0 Å². The van der Waals surface area contributed by atoms with Crippen molar-refractivity contribution in [1.29, 1.82) is 0 Å². The molecule has 0 bridgehead atoms. The van der Waals surface area contributed by atoms with Crippen molar-refractivity contribution in [3.05, 3.63) is 514 Å². The molecule has 0 aromatic heterocycles. The summed E-state index contributed by atoms with van der Waals surface area (Å²) in [6.07, 6.45) is 0. The van der Waals surface area contributed by atoms with Crippen LogP contribution in [-0.2, 0) is 9.98 Å². The van der Waals surface area contributed by atoms with Gasteiger partial charge in [-0.2, -0.15) is 0 Å². The predicted molar refractivity (Wildman–Crippen MR) is 633 cm³/mol. The molecular formula is C135H126GeN5OPSSi2. The second-order valence-electron chi connectivity index (χ2n) is 44.2. The third-order valence-electron chi connectivity index (χ3n) is 30.4. The molecule has 7 aliphatic heterocycles. The van der Waals surface area contributed by atoms with Gasteiger partial charge >= 0.3 is 183 Å². The summed E-state index contributed by atoms with van der Waals surface area (Å²) in [4.78, 5) is 15.2. The van der Waals surface area contributed by atoms with E-state index < -0.39 is 36.6 Å². The Morgan fingerprint density at radius 3 is 0.815 bits per heavy atom. The molecule has 0 atom stereocenters. The van der Waals surface area contributed by atoms with Gasteiger partial charge in [0.2, 0.25) is 0 Å². The first kappa shape index (κ1) is 96.5. The molecule has 2 spiro atoms. The fourth-order valence-corrected chi connectivity index (χ4v) is 50.9. The Labute approximate surface area is 873 Å². The van der Waals surface area contributed by atoms with Crippen molar-refractivity contribution >= 4 is 180 Å². The van der Waals surface area contributed by atoms with Gasteiger partial charge < -0.3 is 24.2 Å². The standard InChI is InChI=1S/C29H25NS.C28H27GeN.C28H25NSi.C28H27NSi.C22H22NOP/c1-28(2,3)30-24-16-8-4-12-20(24)29(21-13-5-9-17-25(21)30)22-14-6-10-18-26(22)31-27-19-11-7-15-23(27)29;1-28(2,3)30-26-20-12-10-18-24(26)29(22-14-6-4-7-15-22,23-16-8-5-9-17-23)25-19-11-13-21-27(25)30;1-28(2,3)29-22-14-6-10-18-26(22)30(27-19-11-7-15-23(27)29)24-16-8-4-12-20(24)21-13-5-9-17-25(21)30;1-28(2,3)29-24-18-10-12-20-26(24)30(22-14-6-4-7-15-22,23-16-8-5-9-17-23)27-21-13-11-19-25(27)29;1-22(2,3)23-18-13-7-9-15-20(18)25(24,17-11-5-4-6-12-17)21-16-10-8-14-19(21)23/h4-19H,1-3H3;4-21H,1-3H3;4-19H,1-3H3;4-21H,1-3H3;4-16H,1-3H3. The summed E-state index contributed by atoms with van der Waals surface area (Å²) in [6, 6.07) is 180. The van der Waals surface area contributed by atoms with Gasteiger partial charge in [-0.1, -0.05) is 321 Å². The zero-order valence-electron chi connectivity index (χ0n) is 86.3. The third-order valence-corrected chi connectivity index (χ3v) is 54.7. The number of nitrogens with zero attached hydrogens (tertiary/aromatic N) is 5. The van der Waals surface area contributed by atoms with Gasteiger partial charge in [-0.05, 0) is 231 Å². The Morgan fingerprint density at radius 1 is 0.219 bits per heavy atom. The number of hydrogen-bond donors (Lipinski definition) is 0. The van der Waals surface area contributed by atoms with E-state index in [2.05, 4.69) is 553 Å². The molecule has 0 amide bonds. The molecule has 6 nitrogen and oxygen atoms in total. The zero-order valence-corrected chi connectivity index (χ0v) is 92.1. The van der Waals surface area contributed by atoms with E-state index in [9.17, 15) is 4.57 Å². The Balaban J connectivity index is 0.000000104. The molecule has 0 aliphatic carbocycles. The number of para-hydroxylation sites is 10. The van der Waals surface area contributed by atoms with Crippen molar-refractivity contribution < 1.29 is 4.57 Å². The van der Waals surface area contributed by atoms with Crippen LogP contribution in [-0.4, -0.2) is 57.1 Å². The Hall–Kier alpha value is -14.3. The van der Waals surface area contributed by atoms with Crippen LogP contribution in [0.4, 0.5) is 56.9 Å². The maximum absolute atomic E-state index is 14.5. The molecular weight excluding hydrogens is 1900 g/mol. The van der Waals surface area contributed by atoms with E-state index in [1.54, 1.807) is 0 Å². The first-order valence-corrected chi connectivity index (χ1v) is 62.2. The summed E-state index contributed by atoms with van der Waals surface area (Å²) in [7, 11) is -7.70. The molecule has 11 heteroatoms. The monoisotopic (exact) mass is 2030 g/mol. The number of benzene rings is 19. The van der Waals surface area contributed by atoms with Gasteiger partial charge in [-0.3, -0.25) is 0 Å². The molecule has 0 N–H and O–H groups in total. The largest absolute Gasteiger partial charge is 0.336 e. The summed E-state index contributed by atoms with van der Waals surface area (Å²) in [5.41, 5.74) is 20.6. The Kier molecular flexibility index (Phi) is 24.9. The second-order valence-corrected chi connectivity index (χ2v) is 63.2. The number of rotatable bonds is 5. The normalized spacial score (nSPS) is 15.2. The molecule has 26 rings (SSSR count). The van der Waals surface area contributed by atoms with Crippen LogP contribution >= 0.6 is 18.9 Å². The average Bonchev–Trinajstić information content (AvgIpc) is 1.49. The van der Waals surface area contributed by atoms with E-state index in [-0.39, 0.29) is 33.1 Å². The van der Waals surface area contributed by atoms with Gasteiger partial charge in [-0.15, -0.1) is 0 Å². The predicted octanol–water partition coefficient (Wildman–Crippen LogP) is 25.3. The van der Waals surface area contributed by atoms with Gasteiger partial charge in [-0.25, -0.2) is 0 Å². The van der Waals surface area contributed by atoms with E-state index in [1.165, 1.54) is 148 Å². The molecule has 0 saturated carbocycles. The van der Waals surface area contributed by atoms with E-state index >= 15 is 0 Å². The number of anilines is 10. The topological polar surface area (TPSA) is 33.3 Å². The minimum atomic E-state index is -3.16. The summed E-state index contributed by atoms with van der Waals surface area (Å²) < 4.78 is 20.5. The van der Waals surface area contributed by atoms with E-state index in [0.29, 0.717) is 0 Å². The van der Waals surface area contributed by atoms with Crippen molar-refractivity contribution in [1.82, 2.24) is 0 Å². The van der Waals surface area contributed by atoms with Crippen molar-refractivity contribution in [3.63, 3.8) is 0 Å². The maximum Gasteiger partial charge on any atom is 0.185 e. The molecule has 720 valence electrons. The summed E-state index contributed by atoms with van der Waals surface area (Å²) in [5, 5.41) is 14.6. The van der Waals surface area contributed by atoms with Crippen LogP contribution in [0.1, 0.15) is 126 Å². The minimum Gasteiger partial charge on any atom is -0.336 e. The van der Waals surface area contributed by atoms with Gasteiger partial charge in [0.05, 0.1) is 16.8 Å². The van der Waals surface area contributed by atoms with Crippen LogP contribution in [0.5, 0.6) is 0 Å². The molecule has 0 saturated heterocycles. The molecule has 0 unspecified atom stereocenters. The first-order chi connectivity index (χ1) is 70.6. The molecule has 0 fully saturated rings. The van der Waals surface area contributed by atoms with Crippen LogP contribution < -0.4 is 99.5 Å². The Morgan fingerprint density at radius 2 is 0.459 bits per heavy atom. The van der Waals surface area contributed by atoms with Crippen LogP contribution in [0.25, 0.3) is 11.1 Å². The smallest absolute Gasteiger partial charge is 0.185 e. The maximum atomic E-state index is 14.5. The summed E-state index contributed by atoms with van der Waals surface area (Å²) >= 11 is -1.27. The van der Waals surface area contributed by atoms with Crippen molar-refractivity contribution in [3.8, 4) is 11.1 Å². The molecule has 7 heterocycles. The van der Waals surface area contributed by atoms with E-state index in [4.69, 9.17) is 0 Å².